The van der Waals surface area contributed by atoms with E-state index in [9.17, 15) is 0 Å². The van der Waals surface area contributed by atoms with Crippen molar-refractivity contribution in [2.45, 2.75) is 0 Å². The third-order valence-electron chi connectivity index (χ3n) is 11.9. The lowest BCUT2D eigenvalue weighted by Gasteiger charge is -2.16. The minimum Gasteiger partial charge on any atom is -0.307 e. The van der Waals surface area contributed by atoms with Crippen LogP contribution in [-0.2, 0) is 0 Å². The fourth-order valence-electron chi connectivity index (χ4n) is 9.43. The molecule has 0 saturated carbocycles. The quantitative estimate of drug-likeness (QED) is 0.181. The van der Waals surface area contributed by atoms with Gasteiger partial charge < -0.3 is 4.57 Å². The Labute approximate surface area is 330 Å². The summed E-state index contributed by atoms with van der Waals surface area (Å²) in [5.41, 5.74) is 8.61. The summed E-state index contributed by atoms with van der Waals surface area (Å²) in [6.45, 7) is 0. The van der Waals surface area contributed by atoms with Gasteiger partial charge in [0, 0.05) is 63.4 Å². The van der Waals surface area contributed by atoms with E-state index < -0.39 is 0 Å². The first kappa shape index (κ1) is 30.9. The van der Waals surface area contributed by atoms with Crippen molar-refractivity contribution in [3.63, 3.8) is 0 Å². The van der Waals surface area contributed by atoms with Gasteiger partial charge in [-0.15, -0.1) is 11.3 Å². The molecule has 9 aromatic carbocycles. The second kappa shape index (κ2) is 11.6. The van der Waals surface area contributed by atoms with Gasteiger partial charge >= 0.3 is 0 Å². The Hall–Kier alpha value is -7.34. The van der Waals surface area contributed by atoms with Crippen molar-refractivity contribution in [3.05, 3.63) is 182 Å². The fraction of sp³-hybridized carbons (Fsp3) is 0. The first-order valence-corrected chi connectivity index (χ1v) is 20.2. The molecule has 57 heavy (non-hydrogen) atoms. The Kier molecular flexibility index (Phi) is 6.29. The zero-order valence-electron chi connectivity index (χ0n) is 30.5. The van der Waals surface area contributed by atoms with Gasteiger partial charge in [-0.3, -0.25) is 4.57 Å². The van der Waals surface area contributed by atoms with Gasteiger partial charge in [0.25, 0.3) is 0 Å². The van der Waals surface area contributed by atoms with Crippen LogP contribution in [0.15, 0.2) is 182 Å². The maximum Gasteiger partial charge on any atom is 0.235 e. The van der Waals surface area contributed by atoms with E-state index in [2.05, 4.69) is 191 Å². The number of nitrogens with zero attached hydrogens (tertiary/aromatic N) is 4. The Bertz CT molecular complexity index is 3830. The normalized spacial score (nSPS) is 12.2. The van der Waals surface area contributed by atoms with Crippen LogP contribution >= 0.6 is 11.3 Å². The molecule has 13 rings (SSSR count). The van der Waals surface area contributed by atoms with E-state index in [1.807, 2.05) is 11.3 Å². The van der Waals surface area contributed by atoms with Crippen molar-refractivity contribution < 1.29 is 0 Å². The monoisotopic (exact) mass is 742 g/mol. The second-order valence-corrected chi connectivity index (χ2v) is 16.0. The van der Waals surface area contributed by atoms with Crippen LogP contribution in [0.2, 0.25) is 0 Å². The molecule has 4 aromatic heterocycles. The van der Waals surface area contributed by atoms with E-state index in [1.54, 1.807) is 0 Å². The number of thiophene rings is 1. The Balaban J connectivity index is 1.17. The van der Waals surface area contributed by atoms with Gasteiger partial charge in [-0.2, -0.15) is 0 Å². The lowest BCUT2D eigenvalue weighted by molar-refractivity contribution is 1.01. The lowest BCUT2D eigenvalue weighted by atomic mass is 10.0. The number of fused-ring (bicyclic) bond motifs is 13. The summed E-state index contributed by atoms with van der Waals surface area (Å²) in [7, 11) is 0. The van der Waals surface area contributed by atoms with Crippen LogP contribution in [0, 0.1) is 0 Å². The van der Waals surface area contributed by atoms with Crippen LogP contribution in [0.4, 0.5) is 0 Å². The highest BCUT2D eigenvalue weighted by molar-refractivity contribution is 7.25. The van der Waals surface area contributed by atoms with Crippen molar-refractivity contribution in [2.75, 3.05) is 0 Å². The molecule has 0 radical (unpaired) electrons. The maximum atomic E-state index is 5.54. The van der Waals surface area contributed by atoms with E-state index in [-0.39, 0.29) is 0 Å². The molecule has 13 aromatic rings. The average molecular weight is 743 g/mol. The number of aromatic nitrogens is 4. The third-order valence-corrected chi connectivity index (χ3v) is 13.0. The van der Waals surface area contributed by atoms with Crippen molar-refractivity contribution in [1.29, 1.82) is 0 Å². The topological polar surface area (TPSA) is 35.6 Å². The van der Waals surface area contributed by atoms with Gasteiger partial charge in [0.15, 0.2) is 0 Å². The minimum atomic E-state index is 0.653. The molecule has 0 aliphatic rings. The molecular formula is C52H30N4S. The van der Waals surface area contributed by atoms with Crippen LogP contribution in [0.5, 0.6) is 0 Å². The smallest absolute Gasteiger partial charge is 0.235 e. The van der Waals surface area contributed by atoms with Crippen molar-refractivity contribution in [1.82, 2.24) is 19.1 Å². The average Bonchev–Trinajstić information content (AvgIpc) is 3.92. The summed E-state index contributed by atoms with van der Waals surface area (Å²) in [6.07, 6.45) is 0. The highest BCUT2D eigenvalue weighted by atomic mass is 32.1. The molecule has 0 unspecified atom stereocenters. The molecule has 0 bridgehead atoms. The van der Waals surface area contributed by atoms with Crippen LogP contribution in [0.25, 0.3) is 119 Å². The predicted octanol–water partition coefficient (Wildman–Crippen LogP) is 14.2. The standard InChI is InChI=1S/C52H30N4S/c1-3-15-34-31(13-1)25-28-39-36-17-6-10-22-43(36)56(50(34)39)51-35-16-4-2-14-32(35)29-45-48(51)41-20-7-11-23-44(41)55(45)52-53-42-21-9-5-19-40(42)49(54-52)33-26-27-38-37-18-8-12-24-46(37)57-47(38)30-33/h1-30H. The fourth-order valence-corrected chi connectivity index (χ4v) is 10.6. The van der Waals surface area contributed by atoms with Gasteiger partial charge in [0.2, 0.25) is 5.95 Å². The third kappa shape index (κ3) is 4.32. The molecule has 0 atom stereocenters. The first-order valence-electron chi connectivity index (χ1n) is 19.3. The van der Waals surface area contributed by atoms with Gasteiger partial charge in [0.05, 0.1) is 39.0 Å². The molecule has 0 N–H and O–H groups in total. The molecule has 0 spiro atoms. The van der Waals surface area contributed by atoms with Crippen molar-refractivity contribution in [2.24, 2.45) is 0 Å². The maximum absolute atomic E-state index is 5.54. The van der Waals surface area contributed by atoms with E-state index in [0.29, 0.717) is 5.95 Å². The molecule has 0 amide bonds. The minimum absolute atomic E-state index is 0.653. The Morgan fingerprint density at radius 1 is 0.386 bits per heavy atom. The first-order chi connectivity index (χ1) is 28.3. The van der Waals surface area contributed by atoms with Crippen LogP contribution in [0.3, 0.4) is 0 Å². The van der Waals surface area contributed by atoms with Gasteiger partial charge in [0.1, 0.15) is 0 Å². The molecule has 0 fully saturated rings. The second-order valence-electron chi connectivity index (χ2n) is 14.9. The SMILES string of the molecule is c1ccc2c(-n3c4ccccc4c4ccc5ccccc5c43)c3c4ccccc4n(-c4nc(-c5ccc6c(c5)sc5ccccc56)c5ccccc5n4)c3cc2c1. The van der Waals surface area contributed by atoms with Crippen LogP contribution in [-0.4, -0.2) is 19.1 Å². The van der Waals surface area contributed by atoms with E-state index in [4.69, 9.17) is 9.97 Å². The molecular weight excluding hydrogens is 713 g/mol. The van der Waals surface area contributed by atoms with Crippen LogP contribution < -0.4 is 0 Å². The van der Waals surface area contributed by atoms with Crippen LogP contribution in [0.1, 0.15) is 0 Å². The van der Waals surface area contributed by atoms with Crippen molar-refractivity contribution >= 4 is 108 Å². The zero-order chi connectivity index (χ0) is 37.2. The molecule has 5 heteroatoms. The predicted molar refractivity (Wildman–Crippen MR) is 242 cm³/mol. The van der Waals surface area contributed by atoms with E-state index >= 15 is 0 Å². The van der Waals surface area contributed by atoms with Gasteiger partial charge in [-0.25, -0.2) is 9.97 Å². The highest BCUT2D eigenvalue weighted by Gasteiger charge is 2.24. The Morgan fingerprint density at radius 2 is 1.02 bits per heavy atom. The Morgan fingerprint density at radius 3 is 1.88 bits per heavy atom. The largest absolute Gasteiger partial charge is 0.307 e. The number of para-hydroxylation sites is 3. The van der Waals surface area contributed by atoms with E-state index in [1.165, 1.54) is 63.5 Å². The molecule has 4 nitrogen and oxygen atoms in total. The number of benzene rings is 9. The summed E-state index contributed by atoms with van der Waals surface area (Å²) < 4.78 is 7.37. The zero-order valence-corrected chi connectivity index (χ0v) is 31.3. The lowest BCUT2D eigenvalue weighted by Crippen LogP contribution is -2.04. The molecule has 0 aliphatic heterocycles. The van der Waals surface area contributed by atoms with Gasteiger partial charge in [-0.05, 0) is 47.2 Å². The molecule has 0 saturated heterocycles. The number of hydrogen-bond acceptors (Lipinski definition) is 3. The summed E-state index contributed by atoms with van der Waals surface area (Å²) in [5.74, 6) is 0.653. The summed E-state index contributed by atoms with van der Waals surface area (Å²) in [5, 5.41) is 13.2. The van der Waals surface area contributed by atoms with Crippen molar-refractivity contribution in [3.8, 4) is 22.9 Å². The number of rotatable bonds is 3. The van der Waals surface area contributed by atoms with E-state index in [0.717, 1.165) is 49.7 Å². The summed E-state index contributed by atoms with van der Waals surface area (Å²) >= 11 is 1.83. The molecule has 4 heterocycles. The van der Waals surface area contributed by atoms with Gasteiger partial charge in [-0.1, -0.05) is 146 Å². The molecule has 0 aliphatic carbocycles. The summed E-state index contributed by atoms with van der Waals surface area (Å²) in [4.78, 5) is 10.9. The highest BCUT2D eigenvalue weighted by Crippen LogP contribution is 2.45. The summed E-state index contributed by atoms with van der Waals surface area (Å²) in [6, 6.07) is 65.9. The number of hydrogen-bond donors (Lipinski definition) is 0. The molecule has 264 valence electrons.